The maximum Gasteiger partial charge on any atom is 0.143 e. The van der Waals surface area contributed by atoms with Gasteiger partial charge in [-0.15, -0.1) is 0 Å². The highest BCUT2D eigenvalue weighted by Crippen LogP contribution is 2.47. The van der Waals surface area contributed by atoms with Gasteiger partial charge in [-0.2, -0.15) is 0 Å². The number of hydrogen-bond acceptors (Lipinski definition) is 3. The van der Waals surface area contributed by atoms with Gasteiger partial charge in [0, 0.05) is 49.3 Å². The molecule has 0 amide bonds. The quantitative estimate of drug-likeness (QED) is 0.169. The molecule has 0 spiro atoms. The summed E-state index contributed by atoms with van der Waals surface area (Å²) in [7, 11) is 0. The average Bonchev–Trinajstić information content (AvgIpc) is 3.89. The first-order chi connectivity index (χ1) is 29.2. The molecule has 3 nitrogen and oxygen atoms in total. The van der Waals surface area contributed by atoms with E-state index in [9.17, 15) is 0 Å². The zero-order chi connectivity index (χ0) is 38.9. The van der Waals surface area contributed by atoms with Crippen molar-refractivity contribution in [2.24, 2.45) is 0 Å². The average molecular weight is 754 g/mol. The van der Waals surface area contributed by atoms with Crippen LogP contribution in [-0.4, -0.2) is 0 Å². The van der Waals surface area contributed by atoms with Crippen LogP contribution in [0.4, 0.5) is 17.1 Å². The van der Waals surface area contributed by atoms with Gasteiger partial charge in [0.1, 0.15) is 22.3 Å². The van der Waals surface area contributed by atoms with Crippen LogP contribution >= 0.6 is 0 Å². The molecular formula is C56H35NO2. The summed E-state index contributed by atoms with van der Waals surface area (Å²) in [4.78, 5) is 2.39. The van der Waals surface area contributed by atoms with Gasteiger partial charge in [-0.05, 0) is 87.1 Å². The number of benzene rings is 10. The second kappa shape index (κ2) is 13.4. The van der Waals surface area contributed by atoms with Crippen molar-refractivity contribution >= 4 is 82.5 Å². The lowest BCUT2D eigenvalue weighted by Gasteiger charge is -2.27. The van der Waals surface area contributed by atoms with Crippen molar-refractivity contribution in [3.05, 3.63) is 212 Å². The summed E-state index contributed by atoms with van der Waals surface area (Å²) < 4.78 is 13.2. The number of anilines is 3. The Balaban J connectivity index is 1.06. The molecule has 3 heteroatoms. The van der Waals surface area contributed by atoms with Gasteiger partial charge in [-0.25, -0.2) is 0 Å². The van der Waals surface area contributed by atoms with E-state index >= 15 is 0 Å². The van der Waals surface area contributed by atoms with Gasteiger partial charge in [-0.1, -0.05) is 164 Å². The van der Waals surface area contributed by atoms with E-state index < -0.39 is 0 Å². The Labute approximate surface area is 340 Å². The minimum atomic E-state index is 0.891. The normalized spacial score (nSPS) is 11.7. The third kappa shape index (κ3) is 5.44. The molecule has 59 heavy (non-hydrogen) atoms. The van der Waals surface area contributed by atoms with E-state index in [4.69, 9.17) is 8.83 Å². The van der Waals surface area contributed by atoms with Gasteiger partial charge in [0.2, 0.25) is 0 Å². The summed E-state index contributed by atoms with van der Waals surface area (Å²) in [5.74, 6) is 0. The Morgan fingerprint density at radius 2 is 0.881 bits per heavy atom. The van der Waals surface area contributed by atoms with Gasteiger partial charge < -0.3 is 13.7 Å². The van der Waals surface area contributed by atoms with Gasteiger partial charge >= 0.3 is 0 Å². The summed E-state index contributed by atoms with van der Waals surface area (Å²) >= 11 is 0. The van der Waals surface area contributed by atoms with E-state index in [0.29, 0.717) is 0 Å². The lowest BCUT2D eigenvalue weighted by Crippen LogP contribution is -2.10. The maximum absolute atomic E-state index is 6.97. The molecule has 0 atom stereocenters. The number of furan rings is 2. The first-order valence-corrected chi connectivity index (χ1v) is 20.1. The van der Waals surface area contributed by atoms with Crippen LogP contribution in [0.1, 0.15) is 0 Å². The fourth-order valence-corrected chi connectivity index (χ4v) is 9.04. The Hall–Kier alpha value is -7.88. The molecule has 12 aromatic rings. The zero-order valence-electron chi connectivity index (χ0n) is 32.0. The van der Waals surface area contributed by atoms with Crippen LogP contribution in [0.5, 0.6) is 0 Å². The van der Waals surface area contributed by atoms with Crippen LogP contribution in [0.25, 0.3) is 98.8 Å². The van der Waals surface area contributed by atoms with Crippen molar-refractivity contribution in [3.8, 4) is 33.4 Å². The second-order valence-electron chi connectivity index (χ2n) is 15.2. The van der Waals surface area contributed by atoms with Crippen molar-refractivity contribution in [2.75, 3.05) is 4.90 Å². The highest BCUT2D eigenvalue weighted by atomic mass is 16.3. The summed E-state index contributed by atoms with van der Waals surface area (Å²) in [6.07, 6.45) is 0. The Morgan fingerprint density at radius 1 is 0.305 bits per heavy atom. The first-order valence-electron chi connectivity index (χ1n) is 20.1. The molecule has 0 radical (unpaired) electrons. The van der Waals surface area contributed by atoms with Gasteiger partial charge in [0.05, 0.1) is 5.69 Å². The lowest BCUT2D eigenvalue weighted by atomic mass is 9.97. The predicted octanol–water partition coefficient (Wildman–Crippen LogP) is 16.3. The van der Waals surface area contributed by atoms with Crippen LogP contribution in [0, 0.1) is 0 Å². The summed E-state index contributed by atoms with van der Waals surface area (Å²) in [6.45, 7) is 0. The lowest BCUT2D eigenvalue weighted by molar-refractivity contribution is 0.669. The number of rotatable bonds is 6. The largest absolute Gasteiger partial charge is 0.456 e. The van der Waals surface area contributed by atoms with Crippen LogP contribution in [0.2, 0.25) is 0 Å². The standard InChI is InChI=1S/C56H35NO2/c1-2-12-36(13-3-1)38-26-30-42(31-27-38)57(43-32-28-39(29-33-43)44-19-11-23-53-54(44)49-18-8-9-22-52(49)58-53)51-35-50-48-21-10-20-45(41-25-24-37-14-4-5-15-40(37)34-41)55(48)59-56(50)47-17-7-6-16-46(47)51/h1-35H. The summed E-state index contributed by atoms with van der Waals surface area (Å²) in [5, 5.41) is 9.04. The maximum atomic E-state index is 6.97. The Bertz CT molecular complexity index is 3540. The van der Waals surface area contributed by atoms with Crippen molar-refractivity contribution in [1.82, 2.24) is 0 Å². The molecular weight excluding hydrogens is 719 g/mol. The molecule has 0 fully saturated rings. The van der Waals surface area contributed by atoms with E-state index in [1.807, 2.05) is 12.1 Å². The SMILES string of the molecule is c1ccc(-c2ccc(N(c3ccc(-c4cccc5oc6ccccc6c45)cc3)c3cc4c5cccc(-c6ccc7ccccc7c6)c5oc4c4ccccc34)cc2)cc1. The number of para-hydroxylation sites is 2. The smallest absolute Gasteiger partial charge is 0.143 e. The predicted molar refractivity (Wildman–Crippen MR) is 247 cm³/mol. The van der Waals surface area contributed by atoms with Crippen LogP contribution < -0.4 is 4.90 Å². The zero-order valence-corrected chi connectivity index (χ0v) is 32.0. The number of fused-ring (bicyclic) bond motifs is 9. The fraction of sp³-hybridized carbons (Fsp3) is 0. The van der Waals surface area contributed by atoms with E-state index in [0.717, 1.165) is 94.0 Å². The molecule has 2 aromatic heterocycles. The molecule has 12 rings (SSSR count). The second-order valence-corrected chi connectivity index (χ2v) is 15.2. The van der Waals surface area contributed by atoms with E-state index in [2.05, 4.69) is 205 Å². The summed E-state index contributed by atoms with van der Waals surface area (Å²) in [5.41, 5.74) is 13.6. The van der Waals surface area contributed by atoms with Crippen molar-refractivity contribution in [1.29, 1.82) is 0 Å². The highest BCUT2D eigenvalue weighted by Gasteiger charge is 2.22. The number of nitrogens with zero attached hydrogens (tertiary/aromatic N) is 1. The minimum absolute atomic E-state index is 0.891. The van der Waals surface area contributed by atoms with Crippen molar-refractivity contribution < 1.29 is 8.83 Å². The molecule has 2 heterocycles. The molecule has 0 aliphatic carbocycles. The molecule has 0 N–H and O–H groups in total. The summed E-state index contributed by atoms with van der Waals surface area (Å²) in [6, 6.07) is 75.7. The molecule has 0 aliphatic heterocycles. The van der Waals surface area contributed by atoms with Gasteiger partial charge in [0.25, 0.3) is 0 Å². The fourth-order valence-electron chi connectivity index (χ4n) is 9.04. The third-order valence-electron chi connectivity index (χ3n) is 11.9. The van der Waals surface area contributed by atoms with E-state index in [-0.39, 0.29) is 0 Å². The van der Waals surface area contributed by atoms with Crippen molar-refractivity contribution in [2.45, 2.75) is 0 Å². The van der Waals surface area contributed by atoms with Crippen molar-refractivity contribution in [3.63, 3.8) is 0 Å². The Kier molecular flexibility index (Phi) is 7.54. The molecule has 0 saturated carbocycles. The van der Waals surface area contributed by atoms with Crippen LogP contribution in [0.15, 0.2) is 221 Å². The number of hydrogen-bond donors (Lipinski definition) is 0. The molecule has 0 aliphatic rings. The van der Waals surface area contributed by atoms with Crippen LogP contribution in [0.3, 0.4) is 0 Å². The minimum Gasteiger partial charge on any atom is -0.456 e. The molecule has 276 valence electrons. The molecule has 10 aromatic carbocycles. The first kappa shape index (κ1) is 33.3. The topological polar surface area (TPSA) is 29.5 Å². The van der Waals surface area contributed by atoms with E-state index in [1.165, 1.54) is 21.9 Å². The van der Waals surface area contributed by atoms with Crippen LogP contribution in [-0.2, 0) is 0 Å². The van der Waals surface area contributed by atoms with Gasteiger partial charge in [-0.3, -0.25) is 0 Å². The monoisotopic (exact) mass is 753 g/mol. The highest BCUT2D eigenvalue weighted by molar-refractivity contribution is 6.21. The molecule has 0 bridgehead atoms. The van der Waals surface area contributed by atoms with Gasteiger partial charge in [0.15, 0.2) is 0 Å². The molecule has 0 saturated heterocycles. The third-order valence-corrected chi connectivity index (χ3v) is 11.9. The van der Waals surface area contributed by atoms with E-state index in [1.54, 1.807) is 0 Å². The Morgan fingerprint density at radius 3 is 1.69 bits per heavy atom. The molecule has 0 unspecified atom stereocenters.